The first-order valence-electron chi connectivity index (χ1n) is 9.71. The molecule has 0 aromatic carbocycles. The molecule has 1 aromatic rings. The van der Waals surface area contributed by atoms with Gasteiger partial charge in [-0.05, 0) is 38.8 Å². The van der Waals surface area contributed by atoms with E-state index in [4.69, 9.17) is 0 Å². The molecule has 0 spiro atoms. The third kappa shape index (κ3) is 7.84. The first-order valence-corrected chi connectivity index (χ1v) is 10.6. The van der Waals surface area contributed by atoms with E-state index in [1.165, 1.54) is 0 Å². The van der Waals surface area contributed by atoms with Crippen LogP contribution in [-0.4, -0.2) is 79.3 Å². The predicted octanol–water partition coefficient (Wildman–Crippen LogP) is 2.15. The zero-order valence-electron chi connectivity index (χ0n) is 17.1. The smallest absolute Gasteiger partial charge is 0.191 e. The lowest BCUT2D eigenvalue weighted by Gasteiger charge is -2.37. The zero-order valence-corrected chi connectivity index (χ0v) is 20.2. The molecular formula is C19H36IN5OS. The second-order valence-electron chi connectivity index (χ2n) is 7.15. The van der Waals surface area contributed by atoms with Crippen LogP contribution in [0.15, 0.2) is 22.5 Å². The standard InChI is InChI=1S/C19H35N5OS.HI/c1-5-20-18(22-15-19(4,25)17-8-7-13-26-17)21-14-16(3)24-11-9-23(6-2)10-12-24;/h7-8,13,16,25H,5-6,9-12,14-15H2,1-4H3,(H2,20,21,22);1H. The lowest BCUT2D eigenvalue weighted by Crippen LogP contribution is -2.53. The largest absolute Gasteiger partial charge is 0.383 e. The summed E-state index contributed by atoms with van der Waals surface area (Å²) in [5.74, 6) is 0.767. The van der Waals surface area contributed by atoms with Crippen LogP contribution in [0.1, 0.15) is 32.6 Å². The van der Waals surface area contributed by atoms with Crippen LogP contribution in [0.2, 0.25) is 0 Å². The Bertz CT molecular complexity index is 544. The molecule has 0 aliphatic carbocycles. The molecule has 2 atom stereocenters. The first-order chi connectivity index (χ1) is 12.5. The van der Waals surface area contributed by atoms with Crippen LogP contribution in [0.4, 0.5) is 0 Å². The third-order valence-electron chi connectivity index (χ3n) is 4.98. The van der Waals surface area contributed by atoms with Crippen LogP contribution >= 0.6 is 35.3 Å². The number of thiophene rings is 1. The van der Waals surface area contributed by atoms with E-state index in [0.29, 0.717) is 12.6 Å². The first kappa shape index (κ1) is 24.6. The molecule has 1 aliphatic heterocycles. The Balaban J connectivity index is 0.00000364. The van der Waals surface area contributed by atoms with Gasteiger partial charge in [-0.25, -0.2) is 4.99 Å². The van der Waals surface area contributed by atoms with E-state index >= 15 is 0 Å². The van der Waals surface area contributed by atoms with E-state index in [-0.39, 0.29) is 24.0 Å². The van der Waals surface area contributed by atoms with Crippen molar-refractivity contribution in [1.82, 2.24) is 20.4 Å². The number of piperazine rings is 1. The van der Waals surface area contributed by atoms with Crippen LogP contribution in [0.5, 0.6) is 0 Å². The Morgan fingerprint density at radius 2 is 2.00 bits per heavy atom. The van der Waals surface area contributed by atoms with Crippen LogP contribution in [0.3, 0.4) is 0 Å². The van der Waals surface area contributed by atoms with Crippen LogP contribution < -0.4 is 10.6 Å². The minimum Gasteiger partial charge on any atom is -0.383 e. The number of aliphatic hydroxyl groups is 1. The van der Waals surface area contributed by atoms with Gasteiger partial charge in [-0.2, -0.15) is 0 Å². The highest BCUT2D eigenvalue weighted by molar-refractivity contribution is 14.0. The van der Waals surface area contributed by atoms with Crippen LogP contribution in [-0.2, 0) is 5.60 Å². The van der Waals surface area contributed by atoms with Gasteiger partial charge >= 0.3 is 0 Å². The van der Waals surface area contributed by atoms with E-state index in [0.717, 1.165) is 56.6 Å². The average molecular weight is 510 g/mol. The minimum absolute atomic E-state index is 0. The highest BCUT2D eigenvalue weighted by Crippen LogP contribution is 2.25. The molecule has 6 nitrogen and oxygen atoms in total. The summed E-state index contributed by atoms with van der Waals surface area (Å²) in [4.78, 5) is 10.6. The molecule has 0 amide bonds. The lowest BCUT2D eigenvalue weighted by atomic mass is 10.1. The number of guanidine groups is 1. The highest BCUT2D eigenvalue weighted by Gasteiger charge is 2.24. The summed E-state index contributed by atoms with van der Waals surface area (Å²) >= 11 is 1.56. The molecule has 1 aliphatic rings. The second-order valence-corrected chi connectivity index (χ2v) is 8.09. The van der Waals surface area contributed by atoms with Crippen LogP contribution in [0, 0.1) is 0 Å². The van der Waals surface area contributed by atoms with Crippen molar-refractivity contribution in [2.24, 2.45) is 4.99 Å². The van der Waals surface area contributed by atoms with Crippen molar-refractivity contribution in [3.63, 3.8) is 0 Å². The topological polar surface area (TPSA) is 63.1 Å². The summed E-state index contributed by atoms with van der Waals surface area (Å²) in [6, 6.07) is 4.37. The van der Waals surface area contributed by atoms with E-state index in [1.807, 2.05) is 24.4 Å². The average Bonchev–Trinajstić information content (AvgIpc) is 3.19. The molecule has 0 bridgehead atoms. The van der Waals surface area contributed by atoms with Gasteiger partial charge in [0, 0.05) is 50.2 Å². The number of aliphatic imine (C=N–C) groups is 1. The molecule has 2 heterocycles. The highest BCUT2D eigenvalue weighted by atomic mass is 127. The molecule has 1 saturated heterocycles. The fraction of sp³-hybridized carbons (Fsp3) is 0.737. The van der Waals surface area contributed by atoms with Crippen molar-refractivity contribution in [3.05, 3.63) is 22.4 Å². The fourth-order valence-electron chi connectivity index (χ4n) is 3.13. The molecule has 2 unspecified atom stereocenters. The van der Waals surface area contributed by atoms with Gasteiger partial charge in [0.25, 0.3) is 0 Å². The van der Waals surface area contributed by atoms with Crippen molar-refractivity contribution in [2.75, 3.05) is 52.4 Å². The third-order valence-corrected chi connectivity index (χ3v) is 6.11. The molecule has 1 fully saturated rings. The van der Waals surface area contributed by atoms with Gasteiger partial charge in [-0.3, -0.25) is 4.90 Å². The normalized spacial score (nSPS) is 19.8. The molecule has 2 rings (SSSR count). The number of likely N-dealkylation sites (N-methyl/N-ethyl adjacent to an activating group) is 1. The molecule has 3 N–H and O–H groups in total. The van der Waals surface area contributed by atoms with Crippen molar-refractivity contribution in [2.45, 2.75) is 39.3 Å². The number of nitrogens with zero attached hydrogens (tertiary/aromatic N) is 3. The number of hydrogen-bond donors (Lipinski definition) is 3. The summed E-state index contributed by atoms with van der Waals surface area (Å²) in [6.07, 6.45) is 0. The van der Waals surface area contributed by atoms with E-state index in [1.54, 1.807) is 11.3 Å². The Kier molecular flexibility index (Phi) is 11.1. The monoisotopic (exact) mass is 509 g/mol. The number of hydrogen-bond acceptors (Lipinski definition) is 5. The fourth-order valence-corrected chi connectivity index (χ4v) is 3.91. The van der Waals surface area contributed by atoms with E-state index < -0.39 is 5.60 Å². The minimum atomic E-state index is -0.932. The van der Waals surface area contributed by atoms with Gasteiger partial charge in [0.15, 0.2) is 5.96 Å². The Morgan fingerprint density at radius 3 is 2.56 bits per heavy atom. The maximum atomic E-state index is 10.7. The molecule has 0 saturated carbocycles. The van der Waals surface area contributed by atoms with Gasteiger partial charge in [-0.1, -0.05) is 13.0 Å². The maximum absolute atomic E-state index is 10.7. The van der Waals surface area contributed by atoms with Gasteiger partial charge < -0.3 is 20.6 Å². The van der Waals surface area contributed by atoms with Gasteiger partial charge in [0.1, 0.15) is 5.60 Å². The summed E-state index contributed by atoms with van der Waals surface area (Å²) in [5.41, 5.74) is -0.932. The lowest BCUT2D eigenvalue weighted by molar-refractivity contribution is 0.0711. The van der Waals surface area contributed by atoms with Gasteiger partial charge in [-0.15, -0.1) is 35.3 Å². The predicted molar refractivity (Wildman–Crippen MR) is 126 cm³/mol. The molecule has 156 valence electrons. The molecule has 8 heteroatoms. The molecule has 1 aromatic heterocycles. The zero-order chi connectivity index (χ0) is 19.0. The van der Waals surface area contributed by atoms with Crippen molar-refractivity contribution in [3.8, 4) is 0 Å². The van der Waals surface area contributed by atoms with E-state index in [2.05, 4.69) is 46.2 Å². The molecular weight excluding hydrogens is 473 g/mol. The number of nitrogens with one attached hydrogen (secondary N) is 2. The second kappa shape index (κ2) is 12.2. The number of halogens is 1. The van der Waals surface area contributed by atoms with Crippen molar-refractivity contribution in [1.29, 1.82) is 0 Å². The van der Waals surface area contributed by atoms with Gasteiger partial charge in [0.2, 0.25) is 0 Å². The Morgan fingerprint density at radius 1 is 1.30 bits per heavy atom. The molecule has 27 heavy (non-hydrogen) atoms. The van der Waals surface area contributed by atoms with Crippen LogP contribution in [0.25, 0.3) is 0 Å². The van der Waals surface area contributed by atoms with E-state index in [9.17, 15) is 5.11 Å². The summed E-state index contributed by atoms with van der Waals surface area (Å²) < 4.78 is 0. The Hall–Kier alpha value is -0.420. The Labute approximate surface area is 185 Å². The quantitative estimate of drug-likeness (QED) is 0.285. The maximum Gasteiger partial charge on any atom is 0.191 e. The van der Waals surface area contributed by atoms with Crippen molar-refractivity contribution >= 4 is 41.3 Å². The summed E-state index contributed by atoms with van der Waals surface area (Å²) in [5, 5.41) is 19.4. The van der Waals surface area contributed by atoms with Gasteiger partial charge in [0.05, 0.1) is 6.54 Å². The molecule has 0 radical (unpaired) electrons. The number of rotatable bonds is 8. The summed E-state index contributed by atoms with van der Waals surface area (Å²) in [7, 11) is 0. The van der Waals surface area contributed by atoms with Crippen molar-refractivity contribution < 1.29 is 5.11 Å². The summed E-state index contributed by atoms with van der Waals surface area (Å²) in [6.45, 7) is 16.0. The SMILES string of the molecule is CCNC(=NCC(C)(O)c1cccs1)NCC(C)N1CCN(CC)CC1.I.